The van der Waals surface area contributed by atoms with Gasteiger partial charge in [-0.1, -0.05) is 145 Å². The van der Waals surface area contributed by atoms with Gasteiger partial charge < -0.3 is 14.4 Å². The molecule has 4 rings (SSSR count). The second kappa shape index (κ2) is 21.9. The van der Waals surface area contributed by atoms with Crippen LogP contribution in [0.5, 0.6) is 0 Å². The molecule has 0 spiro atoms. The van der Waals surface area contributed by atoms with Crippen LogP contribution in [0.2, 0.25) is 0 Å². The summed E-state index contributed by atoms with van der Waals surface area (Å²) < 4.78 is 12.0. The lowest BCUT2D eigenvalue weighted by atomic mass is 10.0. The molecule has 3 aromatic rings. The second-order valence-corrected chi connectivity index (χ2v) is 15.2. The molecule has 50 heavy (non-hydrogen) atoms. The lowest BCUT2D eigenvalue weighted by Crippen LogP contribution is -2.34. The van der Waals surface area contributed by atoms with Gasteiger partial charge in [0, 0.05) is 30.3 Å². The quantitative estimate of drug-likeness (QED) is 0.0732. The van der Waals surface area contributed by atoms with Crippen LogP contribution in [-0.4, -0.2) is 46.8 Å². The highest BCUT2D eigenvalue weighted by Crippen LogP contribution is 2.33. The maximum Gasteiger partial charge on any atom is 0.335 e. The first-order chi connectivity index (χ1) is 24.4. The molecule has 2 unspecified atom stereocenters. The van der Waals surface area contributed by atoms with Gasteiger partial charge >= 0.3 is 5.97 Å². The standard InChI is InChI=1S/C44H65N3O3/c1-5-6-7-8-9-10-11-12-13-14-15-22-32-39(43(48)50-44(2,3)4)49-34-24-23-30-38-31-25-33-47(38)40-35-45-41(36-26-18-16-19-27-36)42(46-40)37-28-20-17-21-29-37/h16-21,26-29,35,38-39H,5-15,22-25,30-34H2,1-4H3. The van der Waals surface area contributed by atoms with E-state index < -0.39 is 11.7 Å². The minimum absolute atomic E-state index is 0.214. The van der Waals surface area contributed by atoms with Gasteiger partial charge in [0.15, 0.2) is 6.10 Å². The molecule has 6 heteroatoms. The first-order valence-electron chi connectivity index (χ1n) is 19.9. The van der Waals surface area contributed by atoms with Crippen molar-refractivity contribution >= 4 is 11.8 Å². The number of ether oxygens (including phenoxy) is 2. The van der Waals surface area contributed by atoms with Gasteiger partial charge in [0.1, 0.15) is 11.4 Å². The SMILES string of the molecule is CCCCCCCCCCCCCCC(OCCCCC1CCCN1c1cnc(-c2ccccc2)c(-c2ccccc2)n1)C(=O)OC(C)(C)C. The third kappa shape index (κ3) is 13.8. The third-order valence-corrected chi connectivity index (χ3v) is 9.77. The van der Waals surface area contributed by atoms with Crippen molar-refractivity contribution in [2.75, 3.05) is 18.1 Å². The van der Waals surface area contributed by atoms with Gasteiger partial charge in [-0.2, -0.15) is 0 Å². The monoisotopic (exact) mass is 684 g/mol. The van der Waals surface area contributed by atoms with Gasteiger partial charge in [-0.15, -0.1) is 0 Å². The number of hydrogen-bond donors (Lipinski definition) is 0. The molecule has 6 nitrogen and oxygen atoms in total. The van der Waals surface area contributed by atoms with Crippen LogP contribution in [0.25, 0.3) is 22.5 Å². The lowest BCUT2D eigenvalue weighted by molar-refractivity contribution is -0.169. The lowest BCUT2D eigenvalue weighted by Gasteiger charge is -2.27. The average molecular weight is 684 g/mol. The molecule has 1 saturated heterocycles. The number of rotatable bonds is 23. The molecule has 0 bridgehead atoms. The molecule has 0 aliphatic carbocycles. The highest BCUT2D eigenvalue weighted by atomic mass is 16.6. The average Bonchev–Trinajstić information content (AvgIpc) is 3.59. The van der Waals surface area contributed by atoms with Crippen LogP contribution >= 0.6 is 0 Å². The Bertz CT molecular complexity index is 1360. The number of hydrogen-bond acceptors (Lipinski definition) is 6. The van der Waals surface area contributed by atoms with Crippen molar-refractivity contribution in [3.63, 3.8) is 0 Å². The molecule has 2 aromatic carbocycles. The van der Waals surface area contributed by atoms with Crippen molar-refractivity contribution in [3.05, 3.63) is 66.9 Å². The third-order valence-electron chi connectivity index (χ3n) is 9.77. The van der Waals surface area contributed by atoms with Crippen LogP contribution in [0.4, 0.5) is 5.82 Å². The van der Waals surface area contributed by atoms with Gasteiger partial charge in [-0.05, 0) is 59.3 Å². The Balaban J connectivity index is 1.23. The maximum absolute atomic E-state index is 13.0. The van der Waals surface area contributed by atoms with E-state index in [1.807, 2.05) is 39.1 Å². The molecule has 2 heterocycles. The summed E-state index contributed by atoms with van der Waals surface area (Å²) in [6.07, 6.45) is 23.2. The Labute approximate surface area is 303 Å². The summed E-state index contributed by atoms with van der Waals surface area (Å²) in [6, 6.07) is 21.2. The molecule has 1 aliphatic rings. The van der Waals surface area contributed by atoms with E-state index in [4.69, 9.17) is 19.4 Å². The molecular formula is C44H65N3O3. The van der Waals surface area contributed by atoms with Gasteiger partial charge in [-0.3, -0.25) is 4.98 Å². The smallest absolute Gasteiger partial charge is 0.335 e. The van der Waals surface area contributed by atoms with E-state index in [1.54, 1.807) is 0 Å². The summed E-state index contributed by atoms with van der Waals surface area (Å²) in [5.41, 5.74) is 3.48. The Hall–Kier alpha value is -3.25. The van der Waals surface area contributed by atoms with Gasteiger partial charge in [0.2, 0.25) is 0 Å². The summed E-state index contributed by atoms with van der Waals surface area (Å²) in [7, 11) is 0. The number of aromatic nitrogens is 2. The zero-order valence-corrected chi connectivity index (χ0v) is 31.7. The van der Waals surface area contributed by atoms with Crippen molar-refractivity contribution in [2.45, 2.75) is 161 Å². The molecule has 0 radical (unpaired) electrons. The maximum atomic E-state index is 13.0. The predicted octanol–water partition coefficient (Wildman–Crippen LogP) is 11.8. The minimum Gasteiger partial charge on any atom is -0.458 e. The molecule has 274 valence electrons. The van der Waals surface area contributed by atoms with Crippen LogP contribution in [0.15, 0.2) is 66.9 Å². The van der Waals surface area contributed by atoms with Gasteiger partial charge in [0.05, 0.1) is 17.6 Å². The summed E-state index contributed by atoms with van der Waals surface area (Å²) >= 11 is 0. The summed E-state index contributed by atoms with van der Waals surface area (Å²) in [5.74, 6) is 0.740. The number of nitrogens with zero attached hydrogens (tertiary/aromatic N) is 3. The van der Waals surface area contributed by atoms with E-state index in [0.717, 1.165) is 86.2 Å². The summed E-state index contributed by atoms with van der Waals surface area (Å²) in [4.78, 5) is 25.7. The van der Waals surface area contributed by atoms with E-state index in [0.29, 0.717) is 12.6 Å². The zero-order valence-electron chi connectivity index (χ0n) is 31.7. The summed E-state index contributed by atoms with van der Waals surface area (Å²) in [6.45, 7) is 9.65. The van der Waals surface area contributed by atoms with Crippen molar-refractivity contribution in [2.24, 2.45) is 0 Å². The van der Waals surface area contributed by atoms with Gasteiger partial charge in [0.25, 0.3) is 0 Å². The predicted molar refractivity (Wildman–Crippen MR) is 208 cm³/mol. The van der Waals surface area contributed by atoms with Crippen molar-refractivity contribution in [3.8, 4) is 22.5 Å². The largest absolute Gasteiger partial charge is 0.458 e. The number of anilines is 1. The Kier molecular flexibility index (Phi) is 17.3. The zero-order chi connectivity index (χ0) is 35.4. The fourth-order valence-corrected chi connectivity index (χ4v) is 7.08. The topological polar surface area (TPSA) is 64.5 Å². The minimum atomic E-state index is -0.510. The second-order valence-electron chi connectivity index (χ2n) is 15.2. The molecule has 0 amide bonds. The Morgan fingerprint density at radius 1 is 0.780 bits per heavy atom. The molecule has 1 aliphatic heterocycles. The summed E-state index contributed by atoms with van der Waals surface area (Å²) in [5, 5.41) is 0. The number of carbonyl (C=O) groups is 1. The van der Waals surface area contributed by atoms with Crippen LogP contribution in [-0.2, 0) is 14.3 Å². The van der Waals surface area contributed by atoms with Crippen molar-refractivity contribution in [1.29, 1.82) is 0 Å². The Morgan fingerprint density at radius 2 is 1.36 bits per heavy atom. The number of unbranched alkanes of at least 4 members (excludes halogenated alkanes) is 12. The van der Waals surface area contributed by atoms with E-state index in [-0.39, 0.29) is 5.97 Å². The molecule has 0 saturated carbocycles. The molecule has 1 aromatic heterocycles. The number of esters is 1. The van der Waals surface area contributed by atoms with E-state index in [9.17, 15) is 4.79 Å². The van der Waals surface area contributed by atoms with Crippen molar-refractivity contribution < 1.29 is 14.3 Å². The number of benzene rings is 2. The van der Waals surface area contributed by atoms with Crippen LogP contribution in [0.1, 0.15) is 143 Å². The van der Waals surface area contributed by atoms with E-state index in [2.05, 4.69) is 60.4 Å². The Morgan fingerprint density at radius 3 is 1.96 bits per heavy atom. The van der Waals surface area contributed by atoms with Crippen molar-refractivity contribution in [1.82, 2.24) is 9.97 Å². The van der Waals surface area contributed by atoms with E-state index >= 15 is 0 Å². The highest BCUT2D eigenvalue weighted by molar-refractivity contribution is 5.78. The van der Waals surface area contributed by atoms with Crippen LogP contribution in [0, 0.1) is 0 Å². The molecule has 2 atom stereocenters. The van der Waals surface area contributed by atoms with Crippen LogP contribution < -0.4 is 4.90 Å². The highest BCUT2D eigenvalue weighted by Gasteiger charge is 2.28. The molecular weight excluding hydrogens is 619 g/mol. The fraction of sp³-hybridized carbons (Fsp3) is 0.614. The first-order valence-corrected chi connectivity index (χ1v) is 19.9. The number of carbonyl (C=O) groups excluding carboxylic acids is 1. The molecule has 1 fully saturated rings. The van der Waals surface area contributed by atoms with Gasteiger partial charge in [-0.25, -0.2) is 9.78 Å². The molecule has 0 N–H and O–H groups in total. The van der Waals surface area contributed by atoms with Crippen LogP contribution in [0.3, 0.4) is 0 Å². The first kappa shape index (κ1) is 39.5. The van der Waals surface area contributed by atoms with E-state index in [1.165, 1.54) is 64.2 Å². The fourth-order valence-electron chi connectivity index (χ4n) is 7.08. The normalized spacial score (nSPS) is 15.4.